The van der Waals surface area contributed by atoms with Gasteiger partial charge in [0.15, 0.2) is 0 Å². The Bertz CT molecular complexity index is 1260. The minimum atomic E-state index is -2.27. The number of likely N-dealkylation sites (tertiary alicyclic amines) is 1. The zero-order chi connectivity index (χ0) is 28.4. The molecule has 4 nitrogen and oxygen atoms in total. The first kappa shape index (κ1) is 28.8. The van der Waals surface area contributed by atoms with E-state index in [1.165, 1.54) is 12.7 Å². The lowest BCUT2D eigenvalue weighted by molar-refractivity contribution is 0.0600. The Kier molecular flexibility index (Phi) is 8.69. The fraction of sp³-hybridized carbons (Fsp3) is 0.576. The number of aryl methyl sites for hydroxylation is 1. The Morgan fingerprint density at radius 2 is 1.90 bits per heavy atom. The van der Waals surface area contributed by atoms with E-state index >= 15 is 4.39 Å². The van der Waals surface area contributed by atoms with Crippen molar-refractivity contribution in [1.82, 2.24) is 9.88 Å². The van der Waals surface area contributed by atoms with Crippen molar-refractivity contribution in [3.05, 3.63) is 69.8 Å². The maximum Gasteiger partial charge on any atom is 0.337 e. The zero-order valence-electron chi connectivity index (χ0n) is 23.9. The lowest BCUT2D eigenvalue weighted by Crippen LogP contribution is -2.48. The van der Waals surface area contributed by atoms with Crippen LogP contribution in [0.4, 0.5) is 13.2 Å². The van der Waals surface area contributed by atoms with Gasteiger partial charge in [0.2, 0.25) is 6.43 Å². The molecule has 2 heterocycles. The zero-order valence-corrected chi connectivity index (χ0v) is 23.9. The Morgan fingerprint density at radius 3 is 2.58 bits per heavy atom. The summed E-state index contributed by atoms with van der Waals surface area (Å²) in [5.74, 6) is 0.0365. The SMILES string of the molecule is COC(=O)c1ccc2c(c1)CCCC(C1CCC(C)(C)CC1)=C2c1ncc(CC2CN(CCC(F)F)C2)cc1F. The van der Waals surface area contributed by atoms with Gasteiger partial charge in [-0.3, -0.25) is 4.98 Å². The van der Waals surface area contributed by atoms with Crippen molar-refractivity contribution in [2.75, 3.05) is 26.7 Å². The van der Waals surface area contributed by atoms with Crippen molar-refractivity contribution in [3.8, 4) is 0 Å². The van der Waals surface area contributed by atoms with E-state index in [4.69, 9.17) is 9.72 Å². The quantitative estimate of drug-likeness (QED) is 0.317. The highest BCUT2D eigenvalue weighted by molar-refractivity contribution is 5.91. The Balaban J connectivity index is 1.45. The van der Waals surface area contributed by atoms with Crippen molar-refractivity contribution in [2.45, 2.75) is 78.1 Å². The van der Waals surface area contributed by atoms with Gasteiger partial charge in [0.25, 0.3) is 0 Å². The van der Waals surface area contributed by atoms with Gasteiger partial charge < -0.3 is 9.64 Å². The van der Waals surface area contributed by atoms with E-state index in [2.05, 4.69) is 13.8 Å². The summed E-state index contributed by atoms with van der Waals surface area (Å²) in [6.07, 6.45) is 7.23. The predicted octanol–water partition coefficient (Wildman–Crippen LogP) is 7.49. The van der Waals surface area contributed by atoms with E-state index in [1.54, 1.807) is 18.3 Å². The molecule has 1 aromatic carbocycles. The van der Waals surface area contributed by atoms with Crippen LogP contribution in [0.5, 0.6) is 0 Å². The number of nitrogens with zero attached hydrogens (tertiary/aromatic N) is 2. The van der Waals surface area contributed by atoms with Crippen LogP contribution in [0.2, 0.25) is 0 Å². The molecule has 40 heavy (non-hydrogen) atoms. The summed E-state index contributed by atoms with van der Waals surface area (Å²) in [5, 5.41) is 0. The number of allylic oxidation sites excluding steroid dienone is 1. The van der Waals surface area contributed by atoms with Crippen LogP contribution in [0, 0.1) is 23.1 Å². The molecule has 1 saturated carbocycles. The standard InChI is InChI=1S/C33H41F3N2O2/c1-33(2)12-9-23(10-13-33)26-6-4-5-24-17-25(32(39)40-3)7-8-27(24)30(26)31-28(34)16-21(18-37-31)15-22-19-38(20-22)14-11-29(35)36/h7-8,16-18,22-23,29H,4-6,9-15,19-20H2,1-3H3. The average Bonchev–Trinajstić information content (AvgIpc) is 3.08. The number of rotatable bonds is 8. The minimum Gasteiger partial charge on any atom is -0.465 e. The number of ether oxygens (including phenoxy) is 1. The van der Waals surface area contributed by atoms with Gasteiger partial charge in [-0.15, -0.1) is 0 Å². The first-order valence-electron chi connectivity index (χ1n) is 14.7. The molecule has 0 atom stereocenters. The molecule has 0 radical (unpaired) electrons. The van der Waals surface area contributed by atoms with Crippen LogP contribution in [-0.4, -0.2) is 49.0 Å². The molecule has 7 heteroatoms. The van der Waals surface area contributed by atoms with Gasteiger partial charge in [-0.05, 0) is 104 Å². The number of esters is 1. The smallest absolute Gasteiger partial charge is 0.337 e. The summed E-state index contributed by atoms with van der Waals surface area (Å²) in [6.45, 7) is 6.59. The molecule has 1 aliphatic heterocycles. The lowest BCUT2D eigenvalue weighted by atomic mass is 9.69. The fourth-order valence-electron chi connectivity index (χ4n) is 6.87. The number of fused-ring (bicyclic) bond motifs is 1. The molecule has 1 saturated heterocycles. The van der Waals surface area contributed by atoms with E-state index < -0.39 is 6.43 Å². The summed E-state index contributed by atoms with van der Waals surface area (Å²) in [7, 11) is 1.38. The molecule has 216 valence electrons. The average molecular weight is 555 g/mol. The first-order valence-corrected chi connectivity index (χ1v) is 14.7. The minimum absolute atomic E-state index is 0.101. The number of hydrogen-bond donors (Lipinski definition) is 0. The van der Waals surface area contributed by atoms with Crippen molar-refractivity contribution in [1.29, 1.82) is 0 Å². The van der Waals surface area contributed by atoms with Gasteiger partial charge in [-0.2, -0.15) is 0 Å². The Hall–Kier alpha value is -2.67. The van der Waals surface area contributed by atoms with Crippen molar-refractivity contribution in [3.63, 3.8) is 0 Å². The Morgan fingerprint density at radius 1 is 1.15 bits per heavy atom. The van der Waals surface area contributed by atoms with Gasteiger partial charge in [-0.1, -0.05) is 25.5 Å². The van der Waals surface area contributed by atoms with Crippen LogP contribution < -0.4 is 0 Å². The summed E-state index contributed by atoms with van der Waals surface area (Å²) in [4.78, 5) is 19.0. The number of carbonyl (C=O) groups is 1. The van der Waals surface area contributed by atoms with Crippen LogP contribution >= 0.6 is 0 Å². The highest BCUT2D eigenvalue weighted by atomic mass is 19.3. The Labute approximate surface area is 236 Å². The van der Waals surface area contributed by atoms with Crippen LogP contribution in [0.25, 0.3) is 5.57 Å². The molecule has 0 bridgehead atoms. The molecule has 3 aliphatic rings. The first-order chi connectivity index (χ1) is 19.1. The van der Waals surface area contributed by atoms with Gasteiger partial charge in [0.1, 0.15) is 11.5 Å². The third-order valence-corrected chi connectivity index (χ3v) is 9.20. The number of aromatic nitrogens is 1. The third-order valence-electron chi connectivity index (χ3n) is 9.20. The normalized spacial score (nSPS) is 20.3. The van der Waals surface area contributed by atoms with Crippen LogP contribution in [0.15, 0.2) is 36.0 Å². The van der Waals surface area contributed by atoms with Crippen LogP contribution in [0.1, 0.15) is 91.5 Å². The molecule has 2 aromatic rings. The van der Waals surface area contributed by atoms with E-state index in [9.17, 15) is 13.6 Å². The molecule has 5 rings (SSSR count). The maximum absolute atomic E-state index is 16.0. The molecular weight excluding hydrogens is 513 g/mol. The highest BCUT2D eigenvalue weighted by Crippen LogP contribution is 2.46. The van der Waals surface area contributed by atoms with Gasteiger partial charge in [-0.25, -0.2) is 18.0 Å². The van der Waals surface area contributed by atoms with Gasteiger partial charge >= 0.3 is 5.97 Å². The number of methoxy groups -OCH3 is 1. The molecule has 0 unspecified atom stereocenters. The molecular formula is C33H41F3N2O2. The number of halogens is 3. The second-order valence-corrected chi connectivity index (χ2v) is 12.7. The molecule has 2 fully saturated rings. The molecule has 0 amide bonds. The number of benzene rings is 1. The monoisotopic (exact) mass is 554 g/mol. The van der Waals surface area contributed by atoms with Crippen LogP contribution in [-0.2, 0) is 17.6 Å². The summed E-state index contributed by atoms with van der Waals surface area (Å²) >= 11 is 0. The fourth-order valence-corrected chi connectivity index (χ4v) is 6.87. The number of alkyl halides is 2. The summed E-state index contributed by atoms with van der Waals surface area (Å²) < 4.78 is 45.9. The number of carbonyl (C=O) groups excluding carboxylic acids is 1. The molecule has 2 aliphatic carbocycles. The summed E-state index contributed by atoms with van der Waals surface area (Å²) in [5.41, 5.74) is 6.28. The number of hydrogen-bond acceptors (Lipinski definition) is 4. The highest BCUT2D eigenvalue weighted by Gasteiger charge is 2.33. The van der Waals surface area contributed by atoms with E-state index in [1.807, 2.05) is 17.0 Å². The predicted molar refractivity (Wildman–Crippen MR) is 151 cm³/mol. The van der Waals surface area contributed by atoms with E-state index in [0.717, 1.165) is 80.3 Å². The molecule has 1 aromatic heterocycles. The van der Waals surface area contributed by atoms with E-state index in [0.29, 0.717) is 41.5 Å². The molecule has 0 N–H and O–H groups in total. The van der Waals surface area contributed by atoms with Crippen molar-refractivity contribution >= 4 is 11.5 Å². The largest absolute Gasteiger partial charge is 0.465 e. The van der Waals surface area contributed by atoms with E-state index in [-0.39, 0.29) is 18.2 Å². The lowest BCUT2D eigenvalue weighted by Gasteiger charge is -2.39. The van der Waals surface area contributed by atoms with Gasteiger partial charge in [0, 0.05) is 37.8 Å². The number of pyridine rings is 1. The van der Waals surface area contributed by atoms with Crippen molar-refractivity contribution < 1.29 is 22.7 Å². The molecule has 0 spiro atoms. The van der Waals surface area contributed by atoms with Gasteiger partial charge in [0.05, 0.1) is 12.7 Å². The topological polar surface area (TPSA) is 42.4 Å². The van der Waals surface area contributed by atoms with Crippen LogP contribution in [0.3, 0.4) is 0 Å². The maximum atomic E-state index is 16.0. The second-order valence-electron chi connectivity index (χ2n) is 12.7. The summed E-state index contributed by atoms with van der Waals surface area (Å²) in [6, 6.07) is 7.25. The third kappa shape index (κ3) is 6.45. The van der Waals surface area contributed by atoms with Crippen molar-refractivity contribution in [2.24, 2.45) is 17.3 Å². The second kappa shape index (κ2) is 12.1.